The van der Waals surface area contributed by atoms with Crippen LogP contribution in [0.1, 0.15) is 18.9 Å². The molecule has 0 aliphatic heterocycles. The van der Waals surface area contributed by atoms with E-state index in [0.29, 0.717) is 17.2 Å². The van der Waals surface area contributed by atoms with E-state index in [2.05, 4.69) is 0 Å². The molecule has 0 aliphatic rings. The summed E-state index contributed by atoms with van der Waals surface area (Å²) in [4.78, 5) is 10.8. The summed E-state index contributed by atoms with van der Waals surface area (Å²) in [6, 6.07) is 7.51. The Morgan fingerprint density at radius 1 is 1.53 bits per heavy atom. The first-order valence-electron chi connectivity index (χ1n) is 4.73. The van der Waals surface area contributed by atoms with Gasteiger partial charge in [-0.1, -0.05) is 36.7 Å². The maximum Gasteiger partial charge on any atom is 0.316 e. The Kier molecular flexibility index (Phi) is 4.99. The average Bonchev–Trinajstić information content (AvgIpc) is 2.21. The van der Waals surface area contributed by atoms with Gasteiger partial charge in [0.2, 0.25) is 0 Å². The van der Waals surface area contributed by atoms with Crippen LogP contribution in [0.25, 0.3) is 0 Å². The zero-order valence-electron chi connectivity index (χ0n) is 8.44. The maximum absolute atomic E-state index is 10.8. The molecule has 2 nitrogen and oxygen atoms in total. The molecule has 1 aromatic rings. The summed E-state index contributed by atoms with van der Waals surface area (Å²) in [6.07, 6.45) is 0.629. The minimum Gasteiger partial charge on any atom is -0.480 e. The molecule has 1 aromatic carbocycles. The van der Waals surface area contributed by atoms with E-state index in [-0.39, 0.29) is 5.25 Å². The predicted molar refractivity (Wildman–Crippen MR) is 64.5 cm³/mol. The summed E-state index contributed by atoms with van der Waals surface area (Å²) >= 11 is 7.38. The molecular formula is C11H13ClO2S. The lowest BCUT2D eigenvalue weighted by atomic mass is 10.2. The number of rotatable bonds is 5. The van der Waals surface area contributed by atoms with Gasteiger partial charge in [0.05, 0.1) is 0 Å². The molecule has 0 aliphatic carbocycles. The number of halogens is 1. The third kappa shape index (κ3) is 3.76. The van der Waals surface area contributed by atoms with E-state index in [4.69, 9.17) is 16.7 Å². The second-order valence-corrected chi connectivity index (χ2v) is 4.74. The number of thioether (sulfide) groups is 1. The first kappa shape index (κ1) is 12.4. The summed E-state index contributed by atoms with van der Waals surface area (Å²) in [5.41, 5.74) is 0.990. The van der Waals surface area contributed by atoms with E-state index in [0.717, 1.165) is 5.56 Å². The van der Waals surface area contributed by atoms with Gasteiger partial charge in [0.1, 0.15) is 5.25 Å². The summed E-state index contributed by atoms with van der Waals surface area (Å²) in [7, 11) is 0. The molecule has 0 bridgehead atoms. The topological polar surface area (TPSA) is 37.3 Å². The largest absolute Gasteiger partial charge is 0.480 e. The predicted octanol–water partition coefficient (Wildman–Crippen LogP) is 3.44. The molecule has 0 saturated carbocycles. The quantitative estimate of drug-likeness (QED) is 0.862. The lowest BCUT2D eigenvalue weighted by Gasteiger charge is -2.09. The van der Waals surface area contributed by atoms with Crippen molar-refractivity contribution in [1.82, 2.24) is 0 Å². The Bertz CT molecular complexity index is 341. The number of carboxylic acid groups (broad SMARTS) is 1. The van der Waals surface area contributed by atoms with Crippen molar-refractivity contribution in [2.75, 3.05) is 0 Å². The normalized spacial score (nSPS) is 12.4. The highest BCUT2D eigenvalue weighted by molar-refractivity contribution is 7.99. The van der Waals surface area contributed by atoms with Crippen LogP contribution in [0.5, 0.6) is 0 Å². The van der Waals surface area contributed by atoms with Crippen LogP contribution in [0, 0.1) is 0 Å². The first-order chi connectivity index (χ1) is 7.15. The van der Waals surface area contributed by atoms with E-state index in [1.807, 2.05) is 31.2 Å². The van der Waals surface area contributed by atoms with Crippen LogP contribution in [0.15, 0.2) is 24.3 Å². The molecule has 0 amide bonds. The molecule has 0 heterocycles. The van der Waals surface area contributed by atoms with Gasteiger partial charge in [-0.3, -0.25) is 4.79 Å². The van der Waals surface area contributed by atoms with E-state index >= 15 is 0 Å². The highest BCUT2D eigenvalue weighted by Gasteiger charge is 2.15. The third-order valence-electron chi connectivity index (χ3n) is 2.04. The van der Waals surface area contributed by atoms with E-state index in [9.17, 15) is 4.79 Å². The van der Waals surface area contributed by atoms with Crippen molar-refractivity contribution in [3.8, 4) is 0 Å². The Morgan fingerprint density at radius 3 is 2.73 bits per heavy atom. The van der Waals surface area contributed by atoms with E-state index < -0.39 is 5.97 Å². The van der Waals surface area contributed by atoms with Gasteiger partial charge in [-0.2, -0.15) is 0 Å². The van der Waals surface area contributed by atoms with Crippen LogP contribution in [-0.2, 0) is 10.5 Å². The standard InChI is InChI=1S/C11H13ClO2S/c1-2-10(11(13)14)15-7-8-5-3-4-6-9(8)12/h3-6,10H,2,7H2,1H3,(H,13,14). The van der Waals surface area contributed by atoms with Crippen molar-refractivity contribution in [1.29, 1.82) is 0 Å². The van der Waals surface area contributed by atoms with Crippen molar-refractivity contribution in [2.24, 2.45) is 0 Å². The molecule has 0 aromatic heterocycles. The zero-order chi connectivity index (χ0) is 11.3. The fourth-order valence-corrected chi connectivity index (χ4v) is 2.46. The molecule has 0 saturated heterocycles. The number of aliphatic carboxylic acids is 1. The minimum atomic E-state index is -0.755. The highest BCUT2D eigenvalue weighted by atomic mass is 35.5. The minimum absolute atomic E-state index is 0.346. The summed E-state index contributed by atoms with van der Waals surface area (Å²) < 4.78 is 0. The van der Waals surface area contributed by atoms with Crippen molar-refractivity contribution in [2.45, 2.75) is 24.3 Å². The summed E-state index contributed by atoms with van der Waals surface area (Å²) in [6.45, 7) is 1.87. The molecule has 0 fully saturated rings. The number of carbonyl (C=O) groups is 1. The van der Waals surface area contributed by atoms with Gasteiger partial charge in [0.15, 0.2) is 0 Å². The van der Waals surface area contributed by atoms with Gasteiger partial charge in [-0.05, 0) is 18.1 Å². The van der Waals surface area contributed by atoms with Crippen molar-refractivity contribution < 1.29 is 9.90 Å². The second-order valence-electron chi connectivity index (χ2n) is 3.14. The van der Waals surface area contributed by atoms with Gasteiger partial charge >= 0.3 is 5.97 Å². The van der Waals surface area contributed by atoms with Crippen molar-refractivity contribution >= 4 is 29.3 Å². The number of hydrogen-bond donors (Lipinski definition) is 1. The van der Waals surface area contributed by atoms with E-state index in [1.54, 1.807) is 0 Å². The van der Waals surface area contributed by atoms with Crippen LogP contribution in [0.4, 0.5) is 0 Å². The molecular weight excluding hydrogens is 232 g/mol. The SMILES string of the molecule is CCC(SCc1ccccc1Cl)C(=O)O. The lowest BCUT2D eigenvalue weighted by molar-refractivity contribution is -0.136. The molecule has 1 rings (SSSR count). The number of hydrogen-bond acceptors (Lipinski definition) is 2. The smallest absolute Gasteiger partial charge is 0.316 e. The summed E-state index contributed by atoms with van der Waals surface area (Å²) in [5.74, 6) is -0.112. The molecule has 0 spiro atoms. The van der Waals surface area contributed by atoms with Crippen molar-refractivity contribution in [3.05, 3.63) is 34.9 Å². The van der Waals surface area contributed by atoms with Crippen LogP contribution in [0.3, 0.4) is 0 Å². The average molecular weight is 245 g/mol. The molecule has 15 heavy (non-hydrogen) atoms. The maximum atomic E-state index is 10.8. The van der Waals surface area contributed by atoms with Crippen molar-refractivity contribution in [3.63, 3.8) is 0 Å². The Morgan fingerprint density at radius 2 is 2.20 bits per heavy atom. The van der Waals surface area contributed by atoms with Crippen LogP contribution < -0.4 is 0 Å². The summed E-state index contributed by atoms with van der Waals surface area (Å²) in [5, 5.41) is 9.22. The fourth-order valence-electron chi connectivity index (χ4n) is 1.17. The van der Waals surface area contributed by atoms with Gasteiger partial charge in [0.25, 0.3) is 0 Å². The number of benzene rings is 1. The van der Waals surface area contributed by atoms with Gasteiger partial charge in [0, 0.05) is 10.8 Å². The van der Waals surface area contributed by atoms with Crippen LogP contribution >= 0.6 is 23.4 Å². The zero-order valence-corrected chi connectivity index (χ0v) is 10.0. The molecule has 0 radical (unpaired) electrons. The van der Waals surface area contributed by atoms with Crippen LogP contribution in [0.2, 0.25) is 5.02 Å². The Balaban J connectivity index is 2.56. The van der Waals surface area contributed by atoms with Gasteiger partial charge in [-0.25, -0.2) is 0 Å². The van der Waals surface area contributed by atoms with E-state index in [1.165, 1.54) is 11.8 Å². The first-order valence-corrected chi connectivity index (χ1v) is 6.15. The Hall–Kier alpha value is -0.670. The van der Waals surface area contributed by atoms with Gasteiger partial charge in [-0.15, -0.1) is 11.8 Å². The van der Waals surface area contributed by atoms with Gasteiger partial charge < -0.3 is 5.11 Å². The second kappa shape index (κ2) is 6.03. The lowest BCUT2D eigenvalue weighted by Crippen LogP contribution is -2.15. The molecule has 4 heteroatoms. The highest BCUT2D eigenvalue weighted by Crippen LogP contribution is 2.24. The fraction of sp³-hybridized carbons (Fsp3) is 0.364. The monoisotopic (exact) mass is 244 g/mol. The third-order valence-corrected chi connectivity index (χ3v) is 3.83. The molecule has 1 N–H and O–H groups in total. The molecule has 1 unspecified atom stereocenters. The van der Waals surface area contributed by atoms with Crippen LogP contribution in [-0.4, -0.2) is 16.3 Å². The Labute approximate surface area is 98.6 Å². The number of carboxylic acids is 1. The molecule has 82 valence electrons. The molecule has 1 atom stereocenters.